The molecule has 1 saturated heterocycles. The maximum atomic E-state index is 14.2. The molecule has 40 heavy (non-hydrogen) atoms. The van der Waals surface area contributed by atoms with Crippen LogP contribution in [0.1, 0.15) is 49.0 Å². The Kier molecular flexibility index (Phi) is 8.15. The number of carboxylic acids is 1. The zero-order valence-corrected chi connectivity index (χ0v) is 23.5. The van der Waals surface area contributed by atoms with Crippen LogP contribution >= 0.6 is 11.6 Å². The van der Waals surface area contributed by atoms with E-state index in [0.29, 0.717) is 0 Å². The molecule has 0 radical (unpaired) electrons. The molecule has 1 aliphatic carbocycles. The number of hydrogen-bond donors (Lipinski definition) is 1. The summed E-state index contributed by atoms with van der Waals surface area (Å²) in [7, 11) is 0. The van der Waals surface area contributed by atoms with Gasteiger partial charge in [-0.1, -0.05) is 49.2 Å². The Morgan fingerprint density at radius 2 is 1.73 bits per heavy atom. The average Bonchev–Trinajstić information content (AvgIpc) is 2.93. The number of benzene rings is 3. The number of carboxylic acid groups (broad SMARTS) is 1. The highest BCUT2D eigenvalue weighted by atomic mass is 35.5. The summed E-state index contributed by atoms with van der Waals surface area (Å²) in [5.74, 6) is -3.80. The van der Waals surface area contributed by atoms with E-state index in [1.165, 1.54) is 34.9 Å². The first-order valence-electron chi connectivity index (χ1n) is 13.5. The predicted molar refractivity (Wildman–Crippen MR) is 154 cm³/mol. The van der Waals surface area contributed by atoms with E-state index in [9.17, 15) is 18.7 Å². The Balaban J connectivity index is 1.31. The first-order chi connectivity index (χ1) is 19.1. The molecule has 3 aromatic carbocycles. The van der Waals surface area contributed by atoms with Crippen molar-refractivity contribution < 1.29 is 23.4 Å². The van der Waals surface area contributed by atoms with Gasteiger partial charge in [0.25, 0.3) is 0 Å². The third kappa shape index (κ3) is 6.31. The van der Waals surface area contributed by atoms with Gasteiger partial charge < -0.3 is 14.7 Å². The molecule has 0 spiro atoms. The van der Waals surface area contributed by atoms with E-state index in [1.807, 2.05) is 12.1 Å². The fourth-order valence-corrected chi connectivity index (χ4v) is 5.67. The molecule has 0 aromatic heterocycles. The van der Waals surface area contributed by atoms with E-state index < -0.39 is 17.6 Å². The molecule has 1 N–H and O–H groups in total. The third-order valence-electron chi connectivity index (χ3n) is 7.86. The molecule has 1 aliphatic heterocycles. The average molecular weight is 567 g/mol. The minimum Gasteiger partial charge on any atom is -0.478 e. The highest BCUT2D eigenvalue weighted by molar-refractivity contribution is 6.30. The van der Waals surface area contributed by atoms with Crippen LogP contribution in [0.4, 0.5) is 14.5 Å². The molecule has 0 bridgehead atoms. The van der Waals surface area contributed by atoms with Crippen LogP contribution in [-0.2, 0) is 0 Å². The van der Waals surface area contributed by atoms with Gasteiger partial charge in [0, 0.05) is 49.5 Å². The number of nitrogens with zero attached hydrogens (tertiary/aromatic N) is 2. The number of anilines is 1. The van der Waals surface area contributed by atoms with Gasteiger partial charge in [-0.05, 0) is 72.2 Å². The van der Waals surface area contributed by atoms with Gasteiger partial charge >= 0.3 is 5.97 Å². The largest absolute Gasteiger partial charge is 0.478 e. The number of hydrogen-bond acceptors (Lipinski definition) is 4. The lowest BCUT2D eigenvalue weighted by atomic mass is 9.72. The first kappa shape index (κ1) is 28.1. The lowest BCUT2D eigenvalue weighted by Gasteiger charge is -2.39. The van der Waals surface area contributed by atoms with Gasteiger partial charge in [0.2, 0.25) is 5.82 Å². The molecule has 0 amide bonds. The molecule has 2 aliphatic rings. The molecule has 0 atom stereocenters. The number of piperazine rings is 1. The highest BCUT2D eigenvalue weighted by Gasteiger charge is 2.29. The molecule has 1 fully saturated rings. The van der Waals surface area contributed by atoms with Gasteiger partial charge in [-0.15, -0.1) is 0 Å². The second-order valence-corrected chi connectivity index (χ2v) is 11.8. The van der Waals surface area contributed by atoms with Crippen LogP contribution in [0, 0.1) is 17.0 Å². The number of halogens is 3. The van der Waals surface area contributed by atoms with Crippen molar-refractivity contribution in [1.82, 2.24) is 4.90 Å². The van der Waals surface area contributed by atoms with Crippen LogP contribution in [0.2, 0.25) is 5.02 Å². The molecule has 1 heterocycles. The van der Waals surface area contributed by atoms with Crippen LogP contribution < -0.4 is 9.64 Å². The second kappa shape index (κ2) is 11.6. The van der Waals surface area contributed by atoms with Gasteiger partial charge in [0.1, 0.15) is 11.3 Å². The zero-order chi connectivity index (χ0) is 28.4. The van der Waals surface area contributed by atoms with Crippen LogP contribution in [-0.4, -0.2) is 48.7 Å². The molecular formula is C32H33ClF2N2O3. The summed E-state index contributed by atoms with van der Waals surface area (Å²) in [6.07, 6.45) is 3.26. The van der Waals surface area contributed by atoms with E-state index in [-0.39, 0.29) is 22.5 Å². The van der Waals surface area contributed by atoms with Gasteiger partial charge in [-0.3, -0.25) is 4.90 Å². The SMILES string of the molecule is CC1(C)CCC(CN2CCN(c3ccc(C(=O)O)c(Oc4cccc(F)c4F)c3)CC2)=C(c2ccc(Cl)cc2)C1. The molecular weight excluding hydrogens is 534 g/mol. The molecule has 3 aromatic rings. The van der Waals surface area contributed by atoms with Crippen molar-refractivity contribution in [1.29, 1.82) is 0 Å². The standard InChI is InChI=1S/C32H33ClF2N2O3/c1-32(2)13-12-22(26(19-32)21-6-8-23(33)9-7-21)20-36-14-16-37(17-15-36)24-10-11-25(31(38)39)29(18-24)40-28-5-3-4-27(34)30(28)35/h3-11,18H,12-17,19-20H2,1-2H3,(H,38,39). The summed E-state index contributed by atoms with van der Waals surface area (Å²) >= 11 is 6.15. The monoisotopic (exact) mass is 566 g/mol. The number of carbonyl (C=O) groups is 1. The van der Waals surface area contributed by atoms with Crippen molar-refractivity contribution in [2.75, 3.05) is 37.6 Å². The van der Waals surface area contributed by atoms with Crippen molar-refractivity contribution in [3.05, 3.63) is 94.0 Å². The van der Waals surface area contributed by atoms with E-state index in [1.54, 1.807) is 12.1 Å². The summed E-state index contributed by atoms with van der Waals surface area (Å²) in [6, 6.07) is 16.5. The number of allylic oxidation sites excluding steroid dienone is 1. The highest BCUT2D eigenvalue weighted by Crippen LogP contribution is 2.43. The lowest BCUT2D eigenvalue weighted by molar-refractivity contribution is 0.0694. The Bertz CT molecular complexity index is 1430. The molecule has 8 heteroatoms. The maximum absolute atomic E-state index is 14.2. The summed E-state index contributed by atoms with van der Waals surface area (Å²) in [5, 5.41) is 10.4. The zero-order valence-electron chi connectivity index (χ0n) is 22.7. The third-order valence-corrected chi connectivity index (χ3v) is 8.11. The van der Waals surface area contributed by atoms with Crippen molar-refractivity contribution in [2.24, 2.45) is 5.41 Å². The minimum atomic E-state index is -1.20. The summed E-state index contributed by atoms with van der Waals surface area (Å²) in [5.41, 5.74) is 5.06. The summed E-state index contributed by atoms with van der Waals surface area (Å²) in [6.45, 7) is 8.74. The second-order valence-electron chi connectivity index (χ2n) is 11.3. The van der Waals surface area contributed by atoms with Gasteiger partial charge in [-0.2, -0.15) is 4.39 Å². The van der Waals surface area contributed by atoms with Crippen LogP contribution in [0.15, 0.2) is 66.2 Å². The molecule has 0 unspecified atom stereocenters. The smallest absolute Gasteiger partial charge is 0.339 e. The van der Waals surface area contributed by atoms with Crippen LogP contribution in [0.25, 0.3) is 5.57 Å². The molecule has 0 saturated carbocycles. The summed E-state index contributed by atoms with van der Waals surface area (Å²) < 4.78 is 33.5. The van der Waals surface area contributed by atoms with Gasteiger partial charge in [0.05, 0.1) is 0 Å². The minimum absolute atomic E-state index is 0.0282. The van der Waals surface area contributed by atoms with Crippen molar-refractivity contribution >= 4 is 28.8 Å². The van der Waals surface area contributed by atoms with E-state index in [2.05, 4.69) is 35.8 Å². The summed E-state index contributed by atoms with van der Waals surface area (Å²) in [4.78, 5) is 16.4. The van der Waals surface area contributed by atoms with E-state index in [4.69, 9.17) is 16.3 Å². The Morgan fingerprint density at radius 3 is 2.42 bits per heavy atom. The fourth-order valence-electron chi connectivity index (χ4n) is 5.55. The number of ether oxygens (including phenoxy) is 1. The predicted octanol–water partition coefficient (Wildman–Crippen LogP) is 7.89. The molecule has 5 rings (SSSR count). The van der Waals surface area contributed by atoms with Crippen LogP contribution in [0.5, 0.6) is 11.5 Å². The Hall–Kier alpha value is -3.42. The first-order valence-corrected chi connectivity index (χ1v) is 13.9. The molecule has 210 valence electrons. The van der Waals surface area contributed by atoms with Gasteiger partial charge in [0.15, 0.2) is 11.6 Å². The maximum Gasteiger partial charge on any atom is 0.339 e. The fraction of sp³-hybridized carbons (Fsp3) is 0.344. The number of rotatable bonds is 7. The molecule has 5 nitrogen and oxygen atoms in total. The van der Waals surface area contributed by atoms with E-state index >= 15 is 0 Å². The van der Waals surface area contributed by atoms with Crippen molar-refractivity contribution in [3.63, 3.8) is 0 Å². The Labute approximate surface area is 238 Å². The normalized spacial score (nSPS) is 17.7. The van der Waals surface area contributed by atoms with Gasteiger partial charge in [-0.25, -0.2) is 9.18 Å². The Morgan fingerprint density at radius 1 is 1.00 bits per heavy atom. The topological polar surface area (TPSA) is 53.0 Å². The van der Waals surface area contributed by atoms with Crippen LogP contribution in [0.3, 0.4) is 0 Å². The lowest BCUT2D eigenvalue weighted by Crippen LogP contribution is -2.47. The van der Waals surface area contributed by atoms with Crippen molar-refractivity contribution in [3.8, 4) is 11.5 Å². The van der Waals surface area contributed by atoms with E-state index in [0.717, 1.165) is 68.8 Å². The number of aromatic carboxylic acids is 1. The quantitative estimate of drug-likeness (QED) is 0.315. The van der Waals surface area contributed by atoms with Crippen molar-refractivity contribution in [2.45, 2.75) is 33.1 Å².